The lowest BCUT2D eigenvalue weighted by Gasteiger charge is -2.13. The zero-order chi connectivity index (χ0) is 76.1. The molecule has 0 aliphatic heterocycles. The van der Waals surface area contributed by atoms with E-state index >= 15 is 0 Å². The van der Waals surface area contributed by atoms with Crippen LogP contribution in [0, 0.1) is 47.4 Å². The number of benzene rings is 10. The fourth-order valence-electron chi connectivity index (χ4n) is 11.7. The number of nitrogens with zero attached hydrogens (tertiary/aromatic N) is 1. The summed E-state index contributed by atoms with van der Waals surface area (Å²) in [7, 11) is 0. The number of aliphatic hydroxyl groups is 2. The molecule has 0 unspecified atom stereocenters. The maximum absolute atomic E-state index is 11.3. The van der Waals surface area contributed by atoms with Crippen LogP contribution < -0.4 is 18.9 Å². The van der Waals surface area contributed by atoms with Gasteiger partial charge >= 0.3 is 11.9 Å². The highest BCUT2D eigenvalue weighted by Crippen LogP contribution is 2.41. The molecule has 0 bridgehead atoms. The monoisotopic (exact) mass is 1540 g/mol. The van der Waals surface area contributed by atoms with E-state index in [1.807, 2.05) is 91.0 Å². The largest absolute Gasteiger partial charge is 0.468 e. The fraction of sp³-hybridized carbons (Fsp3) is 0.163. The summed E-state index contributed by atoms with van der Waals surface area (Å²) in [6.07, 6.45) is 4.95. The summed E-state index contributed by atoms with van der Waals surface area (Å²) >= 11 is 11.4. The van der Waals surface area contributed by atoms with Gasteiger partial charge in [0.2, 0.25) is 18.8 Å². The average Bonchev–Trinajstić information content (AvgIpc) is 1.66. The number of rotatable bonds is 18. The van der Waals surface area contributed by atoms with E-state index in [9.17, 15) is 14.4 Å². The zero-order valence-corrected chi connectivity index (χ0v) is 64.1. The molecule has 0 atom stereocenters. The molecular formula is C92H78ClNO11S4. The lowest BCUT2D eigenvalue weighted by Crippen LogP contribution is -2.21. The topological polar surface area (TPSA) is 150 Å². The summed E-state index contributed by atoms with van der Waals surface area (Å²) in [5.41, 5.74) is 10.0. The first kappa shape index (κ1) is 80.1. The third-order valence-electron chi connectivity index (χ3n) is 17.3. The van der Waals surface area contributed by atoms with Gasteiger partial charge in [-0.3, -0.25) is 4.79 Å². The Balaban J connectivity index is 0.000000202. The van der Waals surface area contributed by atoms with E-state index in [4.69, 9.17) is 50.2 Å². The van der Waals surface area contributed by atoms with Crippen molar-refractivity contribution in [3.05, 3.63) is 276 Å². The van der Waals surface area contributed by atoms with Gasteiger partial charge in [-0.05, 0) is 219 Å². The van der Waals surface area contributed by atoms with Crippen molar-refractivity contribution >= 4 is 155 Å². The van der Waals surface area contributed by atoms with Gasteiger partial charge < -0.3 is 43.5 Å². The van der Waals surface area contributed by atoms with Gasteiger partial charge in [-0.25, -0.2) is 9.59 Å². The number of halogens is 1. The molecule has 14 aromatic rings. The fourth-order valence-corrected chi connectivity index (χ4v) is 16.4. The molecule has 2 N–H and O–H groups in total. The molecule has 14 rings (SSSR count). The second-order valence-corrected chi connectivity index (χ2v) is 28.6. The van der Waals surface area contributed by atoms with Crippen LogP contribution in [0.15, 0.2) is 220 Å². The minimum Gasteiger partial charge on any atom is -0.468 e. The Labute approximate surface area is 655 Å². The standard InChI is InChI=1S/C44H30O6S2.C38H26O4S2.C6H15N.C3H3ClO.CH4/c1-4-31-21-28(7-8-29-11-17-35-37-19-15-33(47-26-49-43(45)5-2)24-41(37)51-39(35)22-29)9-13-32(31)14-10-30-12-18-36-38-20-16-34(48-27-50-44(46)6-3)25-42(38)52-40(36)23-30;1-2-27-17-24(3-4-25-7-13-31-33-15-11-29(41-22-39)20-37(33)43-35(31)18-25)5-9-28(27)10-6-26-8-14-32-34-16-12-30(42-23-40)21-38(34)44-36(32)19-26;1-4-7(5-2)6-3;1-2-3(4)5;/h5-6,9,11-13,15-25H,2-4,26-27H2,1H3;5,7-9,11-21,39-40H,2,22-23H2,1H3;4-6H2,1-3H3;2H,1H2;1H4. The van der Waals surface area contributed by atoms with Gasteiger partial charge in [0, 0.05) is 137 Å². The minimum atomic E-state index is -0.526. The lowest BCUT2D eigenvalue weighted by atomic mass is 10.0. The second-order valence-electron chi connectivity index (χ2n) is 23.9. The van der Waals surface area contributed by atoms with Crippen molar-refractivity contribution in [2.75, 3.05) is 46.8 Å². The van der Waals surface area contributed by atoms with Crippen molar-refractivity contribution in [2.24, 2.45) is 0 Å². The highest BCUT2D eigenvalue weighted by Gasteiger charge is 2.13. The van der Waals surface area contributed by atoms with Crippen molar-refractivity contribution in [3.63, 3.8) is 0 Å². The Morgan fingerprint density at radius 1 is 0.367 bits per heavy atom. The first-order chi connectivity index (χ1) is 52.6. The molecule has 0 spiro atoms. The van der Waals surface area contributed by atoms with E-state index in [0.29, 0.717) is 23.0 Å². The summed E-state index contributed by atoms with van der Waals surface area (Å²) in [5, 5.41) is 26.9. The van der Waals surface area contributed by atoms with Crippen molar-refractivity contribution < 1.29 is 53.0 Å². The first-order valence-electron chi connectivity index (χ1n) is 34.7. The van der Waals surface area contributed by atoms with Crippen LogP contribution in [-0.4, -0.2) is 79.1 Å². The molecule has 4 aromatic heterocycles. The predicted molar refractivity (Wildman–Crippen MR) is 453 cm³/mol. The number of thiophene rings is 4. The van der Waals surface area contributed by atoms with Crippen LogP contribution in [0.25, 0.3) is 80.7 Å². The number of allylic oxidation sites excluding steroid dienone is 1. The van der Waals surface area contributed by atoms with Crippen LogP contribution in [0.3, 0.4) is 0 Å². The van der Waals surface area contributed by atoms with Gasteiger partial charge in [-0.15, -0.1) is 45.3 Å². The molecule has 4 heterocycles. The maximum atomic E-state index is 11.3. The quantitative estimate of drug-likeness (QED) is 0.0277. The number of hydrogen-bond acceptors (Lipinski definition) is 16. The van der Waals surface area contributed by atoms with Gasteiger partial charge in [-0.1, -0.05) is 133 Å². The molecular weight excluding hydrogens is 1460 g/mol. The summed E-state index contributed by atoms with van der Waals surface area (Å²) in [6, 6.07) is 61.1. The van der Waals surface area contributed by atoms with Crippen LogP contribution in [-0.2, 0) is 36.7 Å². The average molecular weight is 1540 g/mol. The normalized spacial score (nSPS) is 10.5. The van der Waals surface area contributed by atoms with E-state index in [1.54, 1.807) is 45.3 Å². The Morgan fingerprint density at radius 2 is 0.615 bits per heavy atom. The summed E-state index contributed by atoms with van der Waals surface area (Å²) < 4.78 is 40.5. The van der Waals surface area contributed by atoms with Crippen LogP contribution >= 0.6 is 56.9 Å². The smallest absolute Gasteiger partial charge is 0.333 e. The van der Waals surface area contributed by atoms with Crippen molar-refractivity contribution in [1.82, 2.24) is 4.90 Å². The highest BCUT2D eigenvalue weighted by atomic mass is 35.5. The van der Waals surface area contributed by atoms with Gasteiger partial charge in [0.15, 0.2) is 13.6 Å². The molecule has 548 valence electrons. The Kier molecular flexibility index (Phi) is 28.6. The summed E-state index contributed by atoms with van der Waals surface area (Å²) in [5.74, 6) is 28.4. The van der Waals surface area contributed by atoms with Crippen LogP contribution in [0.1, 0.15) is 97.7 Å². The molecule has 0 radical (unpaired) electrons. The Bertz CT molecular complexity index is 6000. The number of aliphatic hydroxyl groups excluding tert-OH is 2. The van der Waals surface area contributed by atoms with Gasteiger partial charge in [0.1, 0.15) is 23.0 Å². The Morgan fingerprint density at radius 3 is 0.862 bits per heavy atom. The summed E-state index contributed by atoms with van der Waals surface area (Å²) in [6.45, 7) is 23.2. The molecule has 0 aliphatic carbocycles. The summed E-state index contributed by atoms with van der Waals surface area (Å²) in [4.78, 5) is 34.4. The molecule has 0 saturated carbocycles. The van der Waals surface area contributed by atoms with E-state index < -0.39 is 17.2 Å². The van der Waals surface area contributed by atoms with Gasteiger partial charge in [0.25, 0.3) is 0 Å². The maximum Gasteiger partial charge on any atom is 0.333 e. The van der Waals surface area contributed by atoms with Crippen LogP contribution in [0.2, 0.25) is 0 Å². The third-order valence-corrected chi connectivity index (χ3v) is 21.9. The van der Waals surface area contributed by atoms with Crippen molar-refractivity contribution in [2.45, 2.75) is 54.9 Å². The highest BCUT2D eigenvalue weighted by molar-refractivity contribution is 7.27. The molecule has 12 nitrogen and oxygen atoms in total. The van der Waals surface area contributed by atoms with E-state index in [-0.39, 0.29) is 34.6 Å². The van der Waals surface area contributed by atoms with Gasteiger partial charge in [-0.2, -0.15) is 0 Å². The predicted octanol–water partition coefficient (Wildman–Crippen LogP) is 21.3. The number of fused-ring (bicyclic) bond motifs is 12. The van der Waals surface area contributed by atoms with Crippen LogP contribution in [0.4, 0.5) is 0 Å². The van der Waals surface area contributed by atoms with Crippen molar-refractivity contribution in [1.29, 1.82) is 0 Å². The van der Waals surface area contributed by atoms with Crippen molar-refractivity contribution in [3.8, 4) is 70.4 Å². The number of carbonyl (C=O) groups excluding carboxylic acids is 3. The number of carbonyl (C=O) groups is 3. The van der Waals surface area contributed by atoms with Gasteiger partial charge in [0.05, 0.1) is 0 Å². The second kappa shape index (κ2) is 38.9. The molecule has 0 aliphatic rings. The zero-order valence-electron chi connectivity index (χ0n) is 60.1. The third kappa shape index (κ3) is 20.6. The molecule has 0 fully saturated rings. The number of hydrogen-bond donors (Lipinski definition) is 2. The molecule has 10 aromatic carbocycles. The minimum absolute atomic E-state index is 0. The SMILES string of the molecule is C.C=CC(=O)Cl.C=CC(=O)OCOc1ccc2c(c1)sc1cc(C#Cc3ccc(C#Cc4ccc5c(c4)sc4cc(OCOC(=O)C=C)ccc45)c(CC)c3)ccc12.CCN(CC)CC.CCc1cc(C#Cc2ccc3c(c2)sc2cc(OCO)ccc23)ccc1C#Cc1ccc2c(c1)sc1cc(OCO)ccc12. The van der Waals surface area contributed by atoms with E-state index in [0.717, 1.165) is 131 Å². The first-order valence-corrected chi connectivity index (χ1v) is 38.3. The number of aryl methyl sites for hydroxylation is 2. The van der Waals surface area contributed by atoms with E-state index in [2.05, 4.69) is 198 Å². The van der Waals surface area contributed by atoms with Crippen LogP contribution in [0.5, 0.6) is 23.0 Å². The van der Waals surface area contributed by atoms with E-state index in [1.165, 1.54) is 56.1 Å². The number of esters is 2. The number of ether oxygens (including phenoxy) is 6. The molecule has 0 amide bonds. The molecule has 109 heavy (non-hydrogen) atoms. The molecule has 0 saturated heterocycles. The molecule has 17 heteroatoms. The Hall–Kier alpha value is -11.5. The lowest BCUT2D eigenvalue weighted by molar-refractivity contribution is -0.145.